The molecular formula is C18H23N3O3. The number of alkyl carbamates (subject to hydrolysis) is 1. The van der Waals surface area contributed by atoms with Crippen LogP contribution in [-0.2, 0) is 4.74 Å². The number of rotatable bonds is 2. The predicted molar refractivity (Wildman–Crippen MR) is 89.5 cm³/mol. The molecule has 6 nitrogen and oxygen atoms in total. The maximum Gasteiger partial charge on any atom is 0.407 e. The maximum atomic E-state index is 12.6. The number of carbonyl (C=O) groups is 2. The second-order valence-electron chi connectivity index (χ2n) is 6.87. The van der Waals surface area contributed by atoms with E-state index >= 15 is 0 Å². The zero-order valence-electron chi connectivity index (χ0n) is 14.3. The summed E-state index contributed by atoms with van der Waals surface area (Å²) in [5, 5.41) is 12.0. The van der Waals surface area contributed by atoms with Crippen LogP contribution in [0.3, 0.4) is 0 Å². The quantitative estimate of drug-likeness (QED) is 0.904. The Morgan fingerprint density at radius 2 is 1.88 bits per heavy atom. The number of hydrogen-bond acceptors (Lipinski definition) is 4. The molecule has 24 heavy (non-hydrogen) atoms. The van der Waals surface area contributed by atoms with Gasteiger partial charge in [0.25, 0.3) is 5.91 Å². The topological polar surface area (TPSA) is 82.4 Å². The van der Waals surface area contributed by atoms with Crippen molar-refractivity contribution in [1.82, 2.24) is 10.2 Å². The lowest BCUT2D eigenvalue weighted by Crippen LogP contribution is -2.47. The minimum absolute atomic E-state index is 0.00453. The smallest absolute Gasteiger partial charge is 0.407 e. The van der Waals surface area contributed by atoms with Gasteiger partial charge in [-0.3, -0.25) is 4.79 Å². The van der Waals surface area contributed by atoms with Crippen LogP contribution in [-0.4, -0.2) is 41.6 Å². The molecule has 1 N–H and O–H groups in total. The number of nitrogens with zero attached hydrogens (tertiary/aromatic N) is 2. The highest BCUT2D eigenvalue weighted by molar-refractivity contribution is 5.96. The lowest BCUT2D eigenvalue weighted by molar-refractivity contribution is 0.0473. The van der Waals surface area contributed by atoms with E-state index in [0.29, 0.717) is 37.1 Å². The molecule has 1 saturated heterocycles. The third-order valence-corrected chi connectivity index (χ3v) is 3.78. The number of hydrogen-bond donors (Lipinski definition) is 1. The van der Waals surface area contributed by atoms with Crippen molar-refractivity contribution in [2.75, 3.05) is 13.1 Å². The molecule has 1 heterocycles. The fourth-order valence-corrected chi connectivity index (χ4v) is 2.64. The van der Waals surface area contributed by atoms with E-state index in [1.807, 2.05) is 20.8 Å². The lowest BCUT2D eigenvalue weighted by atomic mass is 10.0. The molecule has 6 heteroatoms. The predicted octanol–water partition coefficient (Wildman–Crippen LogP) is 2.69. The van der Waals surface area contributed by atoms with E-state index in [1.54, 1.807) is 29.2 Å². The molecule has 1 fully saturated rings. The summed E-state index contributed by atoms with van der Waals surface area (Å²) in [5.41, 5.74) is 0.289. The molecule has 0 bridgehead atoms. The molecule has 0 aromatic heterocycles. The summed E-state index contributed by atoms with van der Waals surface area (Å²) in [5.74, 6) is -0.136. The van der Waals surface area contributed by atoms with Crippen LogP contribution in [0.2, 0.25) is 0 Å². The molecule has 0 unspecified atom stereocenters. The van der Waals surface area contributed by atoms with E-state index in [1.165, 1.54) is 0 Å². The second-order valence-corrected chi connectivity index (χ2v) is 6.87. The minimum atomic E-state index is -0.526. The molecule has 1 aromatic carbocycles. The van der Waals surface area contributed by atoms with Crippen LogP contribution in [0.1, 0.15) is 49.5 Å². The molecule has 2 rings (SSSR count). The van der Waals surface area contributed by atoms with E-state index in [-0.39, 0.29) is 11.9 Å². The summed E-state index contributed by atoms with van der Waals surface area (Å²) in [7, 11) is 0. The largest absolute Gasteiger partial charge is 0.444 e. The SMILES string of the molecule is CC(C)(C)OC(=O)NC1CCN(C(=O)c2ccccc2C#N)CC1. The van der Waals surface area contributed by atoms with E-state index in [0.717, 1.165) is 0 Å². The summed E-state index contributed by atoms with van der Waals surface area (Å²) < 4.78 is 5.25. The molecular weight excluding hydrogens is 306 g/mol. The average Bonchev–Trinajstić information content (AvgIpc) is 2.53. The molecule has 1 aromatic rings. The summed E-state index contributed by atoms with van der Waals surface area (Å²) >= 11 is 0. The van der Waals surface area contributed by atoms with Crippen LogP contribution < -0.4 is 5.32 Å². The molecule has 0 aliphatic carbocycles. The molecule has 1 aliphatic rings. The summed E-state index contributed by atoms with van der Waals surface area (Å²) in [6, 6.07) is 8.86. The van der Waals surface area contributed by atoms with Crippen molar-refractivity contribution in [2.45, 2.75) is 45.3 Å². The van der Waals surface area contributed by atoms with Gasteiger partial charge in [0.1, 0.15) is 5.60 Å². The Balaban J connectivity index is 1.90. The Morgan fingerprint density at radius 3 is 2.46 bits per heavy atom. The van der Waals surface area contributed by atoms with Crippen molar-refractivity contribution in [2.24, 2.45) is 0 Å². The highest BCUT2D eigenvalue weighted by Gasteiger charge is 2.27. The highest BCUT2D eigenvalue weighted by atomic mass is 16.6. The number of carbonyl (C=O) groups excluding carboxylic acids is 2. The summed E-state index contributed by atoms with van der Waals surface area (Å²) in [6.07, 6.45) is 0.904. The van der Waals surface area contributed by atoms with Crippen molar-refractivity contribution in [3.8, 4) is 6.07 Å². The maximum absolute atomic E-state index is 12.6. The number of likely N-dealkylation sites (tertiary alicyclic amines) is 1. The normalized spacial score (nSPS) is 15.5. The van der Waals surface area contributed by atoms with Crippen molar-refractivity contribution in [1.29, 1.82) is 5.26 Å². The van der Waals surface area contributed by atoms with Gasteiger partial charge in [-0.15, -0.1) is 0 Å². The average molecular weight is 329 g/mol. The van der Waals surface area contributed by atoms with Crippen LogP contribution >= 0.6 is 0 Å². The van der Waals surface area contributed by atoms with Gasteiger partial charge in [0.2, 0.25) is 0 Å². The van der Waals surface area contributed by atoms with Crippen molar-refractivity contribution < 1.29 is 14.3 Å². The van der Waals surface area contributed by atoms with Gasteiger partial charge in [0.15, 0.2) is 0 Å². The number of piperidine rings is 1. The first kappa shape index (κ1) is 17.8. The third kappa shape index (κ3) is 4.72. The van der Waals surface area contributed by atoms with Gasteiger partial charge in [-0.1, -0.05) is 12.1 Å². The van der Waals surface area contributed by atoms with Crippen LogP contribution in [0.4, 0.5) is 4.79 Å². The number of amides is 2. The zero-order chi connectivity index (χ0) is 17.7. The molecule has 2 amide bonds. The van der Waals surface area contributed by atoms with E-state index in [2.05, 4.69) is 11.4 Å². The number of ether oxygens (including phenoxy) is 1. The van der Waals surface area contributed by atoms with Crippen molar-refractivity contribution in [3.63, 3.8) is 0 Å². The van der Waals surface area contributed by atoms with Gasteiger partial charge in [0.05, 0.1) is 17.2 Å². The zero-order valence-corrected chi connectivity index (χ0v) is 14.3. The van der Waals surface area contributed by atoms with Crippen molar-refractivity contribution >= 4 is 12.0 Å². The lowest BCUT2D eigenvalue weighted by Gasteiger charge is -2.33. The first-order valence-corrected chi connectivity index (χ1v) is 8.08. The van der Waals surface area contributed by atoms with E-state index in [9.17, 15) is 9.59 Å². The fourth-order valence-electron chi connectivity index (χ4n) is 2.64. The fraction of sp³-hybridized carbons (Fsp3) is 0.500. The van der Waals surface area contributed by atoms with Gasteiger partial charge >= 0.3 is 6.09 Å². The first-order valence-electron chi connectivity index (χ1n) is 8.08. The van der Waals surface area contributed by atoms with Gasteiger partial charge in [-0.2, -0.15) is 5.26 Å². The van der Waals surface area contributed by atoms with E-state index < -0.39 is 11.7 Å². The molecule has 0 radical (unpaired) electrons. The second kappa shape index (κ2) is 7.35. The molecule has 128 valence electrons. The van der Waals surface area contributed by atoms with Crippen LogP contribution in [0.15, 0.2) is 24.3 Å². The monoisotopic (exact) mass is 329 g/mol. The number of nitriles is 1. The van der Waals surface area contributed by atoms with Crippen molar-refractivity contribution in [3.05, 3.63) is 35.4 Å². The van der Waals surface area contributed by atoms with Crippen LogP contribution in [0.25, 0.3) is 0 Å². The Labute approximate surface area is 142 Å². The Bertz CT molecular complexity index is 650. The Morgan fingerprint density at radius 1 is 1.25 bits per heavy atom. The standard InChI is InChI=1S/C18H23N3O3/c1-18(2,3)24-17(23)20-14-8-10-21(11-9-14)16(22)15-7-5-4-6-13(15)12-19/h4-7,14H,8-11H2,1-3H3,(H,20,23). The van der Waals surface area contributed by atoms with Gasteiger partial charge in [-0.25, -0.2) is 4.79 Å². The van der Waals surface area contributed by atoms with Gasteiger partial charge in [0, 0.05) is 19.1 Å². The number of benzene rings is 1. The van der Waals surface area contributed by atoms with Crippen LogP contribution in [0.5, 0.6) is 0 Å². The Hall–Kier alpha value is -2.55. The third-order valence-electron chi connectivity index (χ3n) is 3.78. The van der Waals surface area contributed by atoms with Crippen LogP contribution in [0, 0.1) is 11.3 Å². The molecule has 0 spiro atoms. The molecule has 0 saturated carbocycles. The van der Waals surface area contributed by atoms with Gasteiger partial charge in [-0.05, 0) is 45.7 Å². The summed E-state index contributed by atoms with van der Waals surface area (Å²) in [4.78, 5) is 26.1. The minimum Gasteiger partial charge on any atom is -0.444 e. The summed E-state index contributed by atoms with van der Waals surface area (Å²) in [6.45, 7) is 6.54. The van der Waals surface area contributed by atoms with E-state index in [4.69, 9.17) is 10.00 Å². The first-order chi connectivity index (χ1) is 11.3. The molecule has 0 atom stereocenters. The highest BCUT2D eigenvalue weighted by Crippen LogP contribution is 2.17. The number of nitrogens with one attached hydrogen (secondary N) is 1. The Kier molecular flexibility index (Phi) is 5.45. The molecule has 1 aliphatic heterocycles. The van der Waals surface area contributed by atoms with Gasteiger partial charge < -0.3 is 15.0 Å².